The van der Waals surface area contributed by atoms with Gasteiger partial charge in [-0.1, -0.05) is 29.8 Å². The highest BCUT2D eigenvalue weighted by Crippen LogP contribution is 2.22. The number of rotatable bonds is 2. The van der Waals surface area contributed by atoms with Gasteiger partial charge in [0.2, 0.25) is 0 Å². The molecule has 1 heterocycles. The van der Waals surface area contributed by atoms with Crippen LogP contribution in [0.25, 0.3) is 11.8 Å². The van der Waals surface area contributed by atoms with Gasteiger partial charge < -0.3 is 5.11 Å². The molecule has 2 rings (SSSR count). The van der Waals surface area contributed by atoms with E-state index >= 15 is 0 Å². The number of benzene rings is 1. The van der Waals surface area contributed by atoms with E-state index in [0.717, 1.165) is 0 Å². The Balaban J connectivity index is 2.36. The fraction of sp³-hybridized carbons (Fsp3) is 0. The molecule has 0 bridgehead atoms. The van der Waals surface area contributed by atoms with Crippen molar-refractivity contribution in [3.8, 4) is 0 Å². The first-order valence-electron chi connectivity index (χ1n) is 4.84. The van der Waals surface area contributed by atoms with Gasteiger partial charge in [-0.2, -0.15) is 0 Å². The van der Waals surface area contributed by atoms with Crippen LogP contribution in [0.4, 0.5) is 0 Å². The molecule has 0 aliphatic heterocycles. The molecule has 0 aliphatic rings. The van der Waals surface area contributed by atoms with Crippen molar-refractivity contribution >= 4 is 23.4 Å². The standard InChI is InChI=1S/C13H10ClNO/c14-12-7-2-1-6-11(12)13(16)9-10-5-3-4-8-15-10/h1-9,16H/b13-9-. The second-order valence-electron chi connectivity index (χ2n) is 3.26. The number of nitrogens with zero attached hydrogens (tertiary/aromatic N) is 1. The third-order valence-electron chi connectivity index (χ3n) is 2.12. The Morgan fingerprint density at radius 1 is 1.12 bits per heavy atom. The maximum absolute atomic E-state index is 9.89. The molecule has 80 valence electrons. The van der Waals surface area contributed by atoms with E-state index in [9.17, 15) is 5.11 Å². The van der Waals surface area contributed by atoms with E-state index in [1.807, 2.05) is 30.3 Å². The van der Waals surface area contributed by atoms with Crippen LogP contribution in [0.15, 0.2) is 48.7 Å². The average Bonchev–Trinajstić information content (AvgIpc) is 2.31. The third kappa shape index (κ3) is 2.41. The SMILES string of the molecule is O/C(=C\c1ccccn1)c1ccccc1Cl. The molecule has 0 amide bonds. The summed E-state index contributed by atoms with van der Waals surface area (Å²) in [4.78, 5) is 4.09. The topological polar surface area (TPSA) is 33.1 Å². The van der Waals surface area contributed by atoms with Crippen molar-refractivity contribution in [2.24, 2.45) is 0 Å². The minimum atomic E-state index is 0.115. The van der Waals surface area contributed by atoms with E-state index in [1.165, 1.54) is 0 Å². The number of aliphatic hydroxyl groups excluding tert-OH is 1. The molecule has 1 N–H and O–H groups in total. The summed E-state index contributed by atoms with van der Waals surface area (Å²) in [6.45, 7) is 0. The molecule has 0 radical (unpaired) electrons. The Morgan fingerprint density at radius 3 is 2.56 bits per heavy atom. The highest BCUT2D eigenvalue weighted by atomic mass is 35.5. The van der Waals surface area contributed by atoms with Crippen LogP contribution in [0.2, 0.25) is 5.02 Å². The number of hydrogen-bond donors (Lipinski definition) is 1. The molecule has 2 aromatic rings. The number of aliphatic hydroxyl groups is 1. The quantitative estimate of drug-likeness (QED) is 0.798. The van der Waals surface area contributed by atoms with Gasteiger partial charge in [0, 0.05) is 17.8 Å². The highest BCUT2D eigenvalue weighted by Gasteiger charge is 2.03. The molecule has 3 heteroatoms. The third-order valence-corrected chi connectivity index (χ3v) is 2.45. The molecule has 1 aromatic heterocycles. The van der Waals surface area contributed by atoms with Gasteiger partial charge >= 0.3 is 0 Å². The van der Waals surface area contributed by atoms with E-state index < -0.39 is 0 Å². The zero-order valence-corrected chi connectivity index (χ0v) is 9.22. The maximum Gasteiger partial charge on any atom is 0.126 e. The summed E-state index contributed by atoms with van der Waals surface area (Å²) in [6.07, 6.45) is 3.26. The van der Waals surface area contributed by atoms with Crippen molar-refractivity contribution in [1.29, 1.82) is 0 Å². The lowest BCUT2D eigenvalue weighted by atomic mass is 10.1. The summed E-state index contributed by atoms with van der Waals surface area (Å²) in [6, 6.07) is 12.6. The lowest BCUT2D eigenvalue weighted by molar-refractivity contribution is 0.515. The van der Waals surface area contributed by atoms with E-state index in [2.05, 4.69) is 4.98 Å². The van der Waals surface area contributed by atoms with Crippen molar-refractivity contribution in [3.63, 3.8) is 0 Å². The maximum atomic E-state index is 9.89. The van der Waals surface area contributed by atoms with Crippen LogP contribution >= 0.6 is 11.6 Å². The lowest BCUT2D eigenvalue weighted by Crippen LogP contribution is -1.85. The van der Waals surface area contributed by atoms with E-state index in [1.54, 1.807) is 24.4 Å². The van der Waals surface area contributed by atoms with Gasteiger partial charge in [-0.05, 0) is 24.3 Å². The number of aromatic nitrogens is 1. The van der Waals surface area contributed by atoms with Gasteiger partial charge in [-0.15, -0.1) is 0 Å². The van der Waals surface area contributed by atoms with E-state index in [4.69, 9.17) is 11.6 Å². The van der Waals surface area contributed by atoms with Gasteiger partial charge in [-0.3, -0.25) is 4.98 Å². The smallest absolute Gasteiger partial charge is 0.126 e. The van der Waals surface area contributed by atoms with Gasteiger partial charge in [0.15, 0.2) is 0 Å². The Kier molecular flexibility index (Phi) is 3.22. The molecule has 1 aromatic carbocycles. The van der Waals surface area contributed by atoms with E-state index in [0.29, 0.717) is 16.3 Å². The van der Waals surface area contributed by atoms with Crippen molar-refractivity contribution in [1.82, 2.24) is 4.98 Å². The predicted octanol–water partition coefficient (Wildman–Crippen LogP) is 3.79. The minimum Gasteiger partial charge on any atom is -0.507 e. The van der Waals surface area contributed by atoms with Crippen LogP contribution in [-0.2, 0) is 0 Å². The first kappa shape index (κ1) is 10.7. The molecule has 0 saturated carbocycles. The Hall–Kier alpha value is -1.80. The largest absolute Gasteiger partial charge is 0.507 e. The molecule has 0 atom stereocenters. The van der Waals surface area contributed by atoms with E-state index in [-0.39, 0.29) is 5.76 Å². The van der Waals surface area contributed by atoms with Gasteiger partial charge in [0.1, 0.15) is 5.76 Å². The summed E-state index contributed by atoms with van der Waals surface area (Å²) < 4.78 is 0. The van der Waals surface area contributed by atoms with Gasteiger partial charge in [-0.25, -0.2) is 0 Å². The molecule has 16 heavy (non-hydrogen) atoms. The first-order chi connectivity index (χ1) is 7.77. The molecule has 0 aliphatic carbocycles. The Labute approximate surface area is 98.8 Å². The van der Waals surface area contributed by atoms with Gasteiger partial charge in [0.05, 0.1) is 10.7 Å². The summed E-state index contributed by atoms with van der Waals surface area (Å²) in [7, 11) is 0. The molecular formula is C13H10ClNO. The number of pyridine rings is 1. The molecule has 2 nitrogen and oxygen atoms in total. The summed E-state index contributed by atoms with van der Waals surface area (Å²) in [5.41, 5.74) is 1.30. The fourth-order valence-electron chi connectivity index (χ4n) is 1.35. The summed E-state index contributed by atoms with van der Waals surface area (Å²) in [5.74, 6) is 0.115. The van der Waals surface area contributed by atoms with Crippen molar-refractivity contribution in [2.75, 3.05) is 0 Å². The van der Waals surface area contributed by atoms with Crippen LogP contribution in [0.3, 0.4) is 0 Å². The Morgan fingerprint density at radius 2 is 1.88 bits per heavy atom. The van der Waals surface area contributed by atoms with Crippen LogP contribution < -0.4 is 0 Å². The van der Waals surface area contributed by atoms with Crippen LogP contribution in [0, 0.1) is 0 Å². The van der Waals surface area contributed by atoms with Crippen LogP contribution in [0.5, 0.6) is 0 Å². The van der Waals surface area contributed by atoms with Crippen LogP contribution in [-0.4, -0.2) is 10.1 Å². The first-order valence-corrected chi connectivity index (χ1v) is 5.22. The predicted molar refractivity (Wildman–Crippen MR) is 66.2 cm³/mol. The lowest BCUT2D eigenvalue weighted by Gasteiger charge is -2.02. The molecular weight excluding hydrogens is 222 g/mol. The minimum absolute atomic E-state index is 0.115. The average molecular weight is 232 g/mol. The number of halogens is 1. The monoisotopic (exact) mass is 231 g/mol. The summed E-state index contributed by atoms with van der Waals surface area (Å²) >= 11 is 5.96. The molecule has 0 fully saturated rings. The molecule has 0 spiro atoms. The zero-order chi connectivity index (χ0) is 11.4. The summed E-state index contributed by atoms with van der Waals surface area (Å²) in [5, 5.41) is 10.4. The van der Waals surface area contributed by atoms with Crippen molar-refractivity contribution in [2.45, 2.75) is 0 Å². The molecule has 0 saturated heterocycles. The second-order valence-corrected chi connectivity index (χ2v) is 3.67. The second kappa shape index (κ2) is 4.81. The van der Waals surface area contributed by atoms with Crippen LogP contribution in [0.1, 0.15) is 11.3 Å². The number of hydrogen-bond acceptors (Lipinski definition) is 2. The van der Waals surface area contributed by atoms with Crippen molar-refractivity contribution in [3.05, 3.63) is 64.9 Å². The zero-order valence-electron chi connectivity index (χ0n) is 8.47. The fourth-order valence-corrected chi connectivity index (χ4v) is 1.58. The molecule has 0 unspecified atom stereocenters. The highest BCUT2D eigenvalue weighted by molar-refractivity contribution is 6.32. The van der Waals surface area contributed by atoms with Gasteiger partial charge in [0.25, 0.3) is 0 Å². The van der Waals surface area contributed by atoms with Crippen molar-refractivity contribution < 1.29 is 5.11 Å². The Bertz CT molecular complexity index is 508. The normalized spacial score (nSPS) is 11.4.